The standard InChI is InChI=1S/C15H22Cl2N2/c1-11(2)10-14(19-8-6-18-7-9-19)12-4-3-5-13(16)15(12)17/h3-5,11,14,18H,6-10H2,1-2H3/t14-/m1/s1. The lowest BCUT2D eigenvalue weighted by Gasteiger charge is -2.36. The lowest BCUT2D eigenvalue weighted by molar-refractivity contribution is 0.154. The van der Waals surface area contributed by atoms with Crippen LogP contribution in [0.1, 0.15) is 31.9 Å². The van der Waals surface area contributed by atoms with E-state index in [9.17, 15) is 0 Å². The monoisotopic (exact) mass is 300 g/mol. The summed E-state index contributed by atoms with van der Waals surface area (Å²) in [7, 11) is 0. The zero-order chi connectivity index (χ0) is 13.8. The van der Waals surface area contributed by atoms with Crippen LogP contribution in [0.2, 0.25) is 10.0 Å². The van der Waals surface area contributed by atoms with Crippen LogP contribution in [0, 0.1) is 5.92 Å². The van der Waals surface area contributed by atoms with Gasteiger partial charge in [-0.05, 0) is 24.0 Å². The average Bonchev–Trinajstić information content (AvgIpc) is 2.40. The van der Waals surface area contributed by atoms with Crippen molar-refractivity contribution in [1.29, 1.82) is 0 Å². The Bertz CT molecular complexity index is 415. The molecule has 1 aliphatic rings. The maximum atomic E-state index is 6.42. The summed E-state index contributed by atoms with van der Waals surface area (Å²) >= 11 is 12.6. The van der Waals surface area contributed by atoms with Gasteiger partial charge in [0, 0.05) is 32.2 Å². The van der Waals surface area contributed by atoms with Crippen LogP contribution in [0.5, 0.6) is 0 Å². The van der Waals surface area contributed by atoms with Crippen LogP contribution in [0.15, 0.2) is 18.2 Å². The van der Waals surface area contributed by atoms with Gasteiger partial charge in [-0.25, -0.2) is 0 Å². The SMILES string of the molecule is CC(C)C[C@H](c1cccc(Cl)c1Cl)N1CCNCC1. The molecule has 1 N–H and O–H groups in total. The minimum Gasteiger partial charge on any atom is -0.314 e. The maximum Gasteiger partial charge on any atom is 0.0640 e. The third kappa shape index (κ3) is 3.85. The van der Waals surface area contributed by atoms with Crippen LogP contribution < -0.4 is 5.32 Å². The number of benzene rings is 1. The molecule has 0 saturated carbocycles. The second-order valence-corrected chi connectivity index (χ2v) is 6.36. The van der Waals surface area contributed by atoms with Gasteiger partial charge in [-0.1, -0.05) is 49.2 Å². The summed E-state index contributed by atoms with van der Waals surface area (Å²) in [4.78, 5) is 2.52. The minimum absolute atomic E-state index is 0.369. The molecule has 106 valence electrons. The van der Waals surface area contributed by atoms with Crippen molar-refractivity contribution in [3.05, 3.63) is 33.8 Å². The Balaban J connectivity index is 2.27. The van der Waals surface area contributed by atoms with Gasteiger partial charge in [0.15, 0.2) is 0 Å². The molecule has 1 fully saturated rings. The first-order valence-electron chi connectivity index (χ1n) is 6.98. The summed E-state index contributed by atoms with van der Waals surface area (Å²) in [5, 5.41) is 4.77. The Morgan fingerprint density at radius 2 is 1.89 bits per heavy atom. The molecule has 0 amide bonds. The topological polar surface area (TPSA) is 15.3 Å². The molecule has 4 heteroatoms. The highest BCUT2D eigenvalue weighted by molar-refractivity contribution is 6.42. The molecule has 1 aromatic rings. The van der Waals surface area contributed by atoms with Gasteiger partial charge < -0.3 is 5.32 Å². The fourth-order valence-electron chi connectivity index (χ4n) is 2.69. The molecule has 0 unspecified atom stereocenters. The zero-order valence-corrected chi connectivity index (χ0v) is 13.1. The maximum absolute atomic E-state index is 6.42. The number of hydrogen-bond acceptors (Lipinski definition) is 2. The van der Waals surface area contributed by atoms with Gasteiger partial charge in [0.05, 0.1) is 10.0 Å². The van der Waals surface area contributed by atoms with Gasteiger partial charge in [-0.2, -0.15) is 0 Å². The van der Waals surface area contributed by atoms with Gasteiger partial charge in [0.2, 0.25) is 0 Å². The predicted molar refractivity (Wildman–Crippen MR) is 83.1 cm³/mol. The van der Waals surface area contributed by atoms with Crippen molar-refractivity contribution < 1.29 is 0 Å². The first kappa shape index (κ1) is 15.1. The van der Waals surface area contributed by atoms with Crippen molar-refractivity contribution in [2.45, 2.75) is 26.3 Å². The van der Waals surface area contributed by atoms with Crippen LogP contribution in [-0.2, 0) is 0 Å². The molecule has 19 heavy (non-hydrogen) atoms. The molecule has 0 bridgehead atoms. The van der Waals surface area contributed by atoms with Crippen LogP contribution in [0.4, 0.5) is 0 Å². The summed E-state index contributed by atoms with van der Waals surface area (Å²) in [5.41, 5.74) is 1.17. The Morgan fingerprint density at radius 1 is 1.21 bits per heavy atom. The van der Waals surface area contributed by atoms with Crippen LogP contribution >= 0.6 is 23.2 Å². The highest BCUT2D eigenvalue weighted by Crippen LogP contribution is 2.36. The van der Waals surface area contributed by atoms with E-state index in [1.807, 2.05) is 12.1 Å². The van der Waals surface area contributed by atoms with E-state index in [4.69, 9.17) is 23.2 Å². The van der Waals surface area contributed by atoms with Gasteiger partial charge in [0.1, 0.15) is 0 Å². The van der Waals surface area contributed by atoms with Crippen molar-refractivity contribution in [3.8, 4) is 0 Å². The second kappa shape index (κ2) is 6.94. The fraction of sp³-hybridized carbons (Fsp3) is 0.600. The zero-order valence-electron chi connectivity index (χ0n) is 11.6. The first-order valence-corrected chi connectivity index (χ1v) is 7.74. The highest BCUT2D eigenvalue weighted by atomic mass is 35.5. The summed E-state index contributed by atoms with van der Waals surface area (Å²) < 4.78 is 0. The van der Waals surface area contributed by atoms with E-state index in [1.165, 1.54) is 5.56 Å². The van der Waals surface area contributed by atoms with Crippen LogP contribution in [0.25, 0.3) is 0 Å². The average molecular weight is 301 g/mol. The summed E-state index contributed by atoms with van der Waals surface area (Å²) in [6, 6.07) is 6.34. The molecule has 2 nitrogen and oxygen atoms in total. The van der Waals surface area contributed by atoms with E-state index in [0.29, 0.717) is 22.0 Å². The minimum atomic E-state index is 0.369. The van der Waals surface area contributed by atoms with E-state index in [1.54, 1.807) is 0 Å². The van der Waals surface area contributed by atoms with Crippen molar-refractivity contribution in [2.24, 2.45) is 5.92 Å². The number of halogens is 2. The molecule has 0 spiro atoms. The molecule has 1 aliphatic heterocycles. The lowest BCUT2D eigenvalue weighted by atomic mass is 9.95. The molecular formula is C15H22Cl2N2. The van der Waals surface area contributed by atoms with Gasteiger partial charge in [0.25, 0.3) is 0 Å². The third-order valence-corrected chi connectivity index (χ3v) is 4.46. The molecule has 0 radical (unpaired) electrons. The van der Waals surface area contributed by atoms with Crippen LogP contribution in [0.3, 0.4) is 0 Å². The largest absolute Gasteiger partial charge is 0.314 e. The van der Waals surface area contributed by atoms with Gasteiger partial charge in [-0.15, -0.1) is 0 Å². The predicted octanol–water partition coefficient (Wildman–Crippen LogP) is 3.99. The van der Waals surface area contributed by atoms with E-state index in [2.05, 4.69) is 30.1 Å². The number of hydrogen-bond donors (Lipinski definition) is 1. The number of rotatable bonds is 4. The van der Waals surface area contributed by atoms with E-state index in [-0.39, 0.29) is 0 Å². The van der Waals surface area contributed by atoms with Gasteiger partial charge >= 0.3 is 0 Å². The summed E-state index contributed by atoms with van der Waals surface area (Å²) in [6.07, 6.45) is 1.11. The smallest absolute Gasteiger partial charge is 0.0640 e. The van der Waals surface area contributed by atoms with E-state index < -0.39 is 0 Å². The molecule has 1 aromatic carbocycles. The molecule has 1 saturated heterocycles. The van der Waals surface area contributed by atoms with Crippen molar-refractivity contribution in [1.82, 2.24) is 10.2 Å². The van der Waals surface area contributed by atoms with E-state index >= 15 is 0 Å². The summed E-state index contributed by atoms with van der Waals surface area (Å²) in [5.74, 6) is 0.634. The Labute approximate surface area is 126 Å². The number of nitrogens with one attached hydrogen (secondary N) is 1. The molecule has 1 atom stereocenters. The molecule has 0 aromatic heterocycles. The Hall–Kier alpha value is -0.280. The van der Waals surface area contributed by atoms with Crippen molar-refractivity contribution in [2.75, 3.05) is 26.2 Å². The quantitative estimate of drug-likeness (QED) is 0.904. The number of piperazine rings is 1. The Morgan fingerprint density at radius 3 is 2.53 bits per heavy atom. The lowest BCUT2D eigenvalue weighted by Crippen LogP contribution is -2.45. The fourth-order valence-corrected chi connectivity index (χ4v) is 3.12. The van der Waals surface area contributed by atoms with Crippen molar-refractivity contribution in [3.63, 3.8) is 0 Å². The third-order valence-electron chi connectivity index (χ3n) is 3.63. The first-order chi connectivity index (χ1) is 9.09. The van der Waals surface area contributed by atoms with E-state index in [0.717, 1.165) is 32.6 Å². The van der Waals surface area contributed by atoms with Gasteiger partial charge in [-0.3, -0.25) is 4.90 Å². The summed E-state index contributed by atoms with van der Waals surface area (Å²) in [6.45, 7) is 8.75. The molecule has 0 aliphatic carbocycles. The number of nitrogens with zero attached hydrogens (tertiary/aromatic N) is 1. The molecular weight excluding hydrogens is 279 g/mol. The normalized spacial score (nSPS) is 18.8. The van der Waals surface area contributed by atoms with Crippen LogP contribution in [-0.4, -0.2) is 31.1 Å². The highest BCUT2D eigenvalue weighted by Gasteiger charge is 2.25. The Kier molecular flexibility index (Phi) is 5.52. The van der Waals surface area contributed by atoms with Crippen molar-refractivity contribution >= 4 is 23.2 Å². The molecule has 1 heterocycles. The second-order valence-electron chi connectivity index (χ2n) is 5.57. The molecule has 2 rings (SSSR count).